The first-order chi connectivity index (χ1) is 9.65. The molecule has 0 unspecified atom stereocenters. The third-order valence-corrected chi connectivity index (χ3v) is 3.04. The summed E-state index contributed by atoms with van der Waals surface area (Å²) < 4.78 is 6.91. The SMILES string of the molecule is CCNCc1nn(-c2ccc(OC)cc2)c(C)cc1=O. The molecule has 0 spiro atoms. The van der Waals surface area contributed by atoms with Crippen LogP contribution in [0, 0.1) is 6.92 Å². The molecular weight excluding hydrogens is 254 g/mol. The first-order valence-electron chi connectivity index (χ1n) is 6.60. The third-order valence-electron chi connectivity index (χ3n) is 3.04. The molecule has 0 bridgehead atoms. The van der Waals surface area contributed by atoms with Gasteiger partial charge in [-0.15, -0.1) is 0 Å². The second-order valence-electron chi connectivity index (χ2n) is 4.49. The van der Waals surface area contributed by atoms with Crippen LogP contribution in [0.25, 0.3) is 5.69 Å². The second kappa shape index (κ2) is 6.34. The second-order valence-corrected chi connectivity index (χ2v) is 4.49. The van der Waals surface area contributed by atoms with Crippen molar-refractivity contribution in [2.45, 2.75) is 20.4 Å². The van der Waals surface area contributed by atoms with E-state index in [1.54, 1.807) is 17.9 Å². The maximum atomic E-state index is 11.9. The van der Waals surface area contributed by atoms with Gasteiger partial charge in [-0.05, 0) is 37.7 Å². The summed E-state index contributed by atoms with van der Waals surface area (Å²) in [5.74, 6) is 0.792. The molecule has 1 aromatic heterocycles. The third kappa shape index (κ3) is 3.05. The number of rotatable bonds is 5. The molecule has 0 aliphatic carbocycles. The molecular formula is C15H19N3O2. The Bertz CT molecular complexity index is 633. The lowest BCUT2D eigenvalue weighted by atomic mass is 10.2. The van der Waals surface area contributed by atoms with E-state index in [2.05, 4.69) is 10.4 Å². The Balaban J connectivity index is 2.41. The van der Waals surface area contributed by atoms with Crippen LogP contribution in [0.1, 0.15) is 18.3 Å². The van der Waals surface area contributed by atoms with Crippen LogP contribution in [0.5, 0.6) is 5.75 Å². The van der Waals surface area contributed by atoms with Crippen molar-refractivity contribution in [2.75, 3.05) is 13.7 Å². The topological polar surface area (TPSA) is 56.1 Å². The summed E-state index contributed by atoms with van der Waals surface area (Å²) in [4.78, 5) is 11.9. The van der Waals surface area contributed by atoms with Gasteiger partial charge in [-0.2, -0.15) is 5.10 Å². The Kier molecular flexibility index (Phi) is 4.53. The highest BCUT2D eigenvalue weighted by atomic mass is 16.5. The van der Waals surface area contributed by atoms with E-state index in [1.165, 1.54) is 0 Å². The Morgan fingerprint density at radius 3 is 2.60 bits per heavy atom. The van der Waals surface area contributed by atoms with Gasteiger partial charge in [0.2, 0.25) is 5.43 Å². The normalized spacial score (nSPS) is 10.6. The summed E-state index contributed by atoms with van der Waals surface area (Å²) in [7, 11) is 1.63. The minimum Gasteiger partial charge on any atom is -0.497 e. The predicted octanol–water partition coefficient (Wildman–Crippen LogP) is 1.66. The molecule has 5 heteroatoms. The van der Waals surface area contributed by atoms with E-state index in [-0.39, 0.29) is 5.43 Å². The summed E-state index contributed by atoms with van der Waals surface area (Å²) in [6, 6.07) is 9.20. The summed E-state index contributed by atoms with van der Waals surface area (Å²) in [5, 5.41) is 7.56. The number of hydrogen-bond acceptors (Lipinski definition) is 4. The lowest BCUT2D eigenvalue weighted by Crippen LogP contribution is -2.24. The summed E-state index contributed by atoms with van der Waals surface area (Å²) in [6.45, 7) is 5.15. The number of ether oxygens (including phenoxy) is 1. The van der Waals surface area contributed by atoms with Crippen LogP contribution in [0.3, 0.4) is 0 Å². The predicted molar refractivity (Wildman–Crippen MR) is 78.5 cm³/mol. The fraction of sp³-hybridized carbons (Fsp3) is 0.333. The number of nitrogens with one attached hydrogen (secondary N) is 1. The molecule has 5 nitrogen and oxygen atoms in total. The molecule has 2 aromatic rings. The first-order valence-corrected chi connectivity index (χ1v) is 6.60. The van der Waals surface area contributed by atoms with E-state index in [9.17, 15) is 4.79 Å². The zero-order valence-electron chi connectivity index (χ0n) is 12.0. The van der Waals surface area contributed by atoms with Gasteiger partial charge in [0.1, 0.15) is 11.4 Å². The summed E-state index contributed by atoms with van der Waals surface area (Å²) in [5.41, 5.74) is 2.20. The van der Waals surface area contributed by atoms with E-state index in [4.69, 9.17) is 4.74 Å². The maximum Gasteiger partial charge on any atom is 0.204 e. The fourth-order valence-corrected chi connectivity index (χ4v) is 1.93. The van der Waals surface area contributed by atoms with Crippen LogP contribution in [-0.2, 0) is 6.54 Å². The summed E-state index contributed by atoms with van der Waals surface area (Å²) in [6.07, 6.45) is 0. The molecule has 1 N–H and O–H groups in total. The monoisotopic (exact) mass is 273 g/mol. The molecule has 0 radical (unpaired) electrons. The van der Waals surface area contributed by atoms with Gasteiger partial charge >= 0.3 is 0 Å². The van der Waals surface area contributed by atoms with E-state index in [0.717, 1.165) is 23.7 Å². The van der Waals surface area contributed by atoms with Gasteiger partial charge in [-0.3, -0.25) is 4.79 Å². The average molecular weight is 273 g/mol. The standard InChI is InChI=1S/C15H19N3O2/c1-4-16-10-14-15(19)9-11(2)18(17-14)12-5-7-13(20-3)8-6-12/h5-9,16H,4,10H2,1-3H3. The Hall–Kier alpha value is -2.14. The molecule has 0 aliphatic rings. The quantitative estimate of drug-likeness (QED) is 0.900. The van der Waals surface area contributed by atoms with Crippen LogP contribution in [0.15, 0.2) is 35.1 Å². The number of aryl methyl sites for hydroxylation is 1. The van der Waals surface area contributed by atoms with Gasteiger partial charge in [0.25, 0.3) is 0 Å². The minimum atomic E-state index is -0.0341. The zero-order valence-corrected chi connectivity index (χ0v) is 12.0. The van der Waals surface area contributed by atoms with Crippen molar-refractivity contribution in [2.24, 2.45) is 0 Å². The molecule has 0 aliphatic heterocycles. The van der Waals surface area contributed by atoms with E-state index >= 15 is 0 Å². The number of aromatic nitrogens is 2. The highest BCUT2D eigenvalue weighted by Crippen LogP contribution is 2.15. The first kappa shape index (κ1) is 14.3. The zero-order chi connectivity index (χ0) is 14.5. The van der Waals surface area contributed by atoms with Crippen molar-refractivity contribution in [3.05, 3.63) is 51.9 Å². The van der Waals surface area contributed by atoms with Gasteiger partial charge in [-0.1, -0.05) is 6.92 Å². The molecule has 1 heterocycles. The van der Waals surface area contributed by atoms with Crippen LogP contribution < -0.4 is 15.5 Å². The molecule has 20 heavy (non-hydrogen) atoms. The van der Waals surface area contributed by atoms with E-state index in [1.807, 2.05) is 38.1 Å². The molecule has 2 rings (SSSR count). The van der Waals surface area contributed by atoms with Gasteiger partial charge in [-0.25, -0.2) is 4.68 Å². The average Bonchev–Trinajstić information content (AvgIpc) is 2.47. The smallest absolute Gasteiger partial charge is 0.204 e. The molecule has 0 atom stereocenters. The van der Waals surface area contributed by atoms with Crippen molar-refractivity contribution in [3.63, 3.8) is 0 Å². The highest BCUT2D eigenvalue weighted by molar-refractivity contribution is 5.37. The summed E-state index contributed by atoms with van der Waals surface area (Å²) >= 11 is 0. The van der Waals surface area contributed by atoms with Crippen LogP contribution in [-0.4, -0.2) is 23.4 Å². The van der Waals surface area contributed by atoms with Gasteiger partial charge in [0.05, 0.1) is 12.8 Å². The van der Waals surface area contributed by atoms with Gasteiger partial charge < -0.3 is 10.1 Å². The van der Waals surface area contributed by atoms with Gasteiger partial charge in [0, 0.05) is 18.3 Å². The van der Waals surface area contributed by atoms with Crippen LogP contribution >= 0.6 is 0 Å². The molecule has 1 aromatic carbocycles. The van der Waals surface area contributed by atoms with E-state index in [0.29, 0.717) is 12.2 Å². The lowest BCUT2D eigenvalue weighted by molar-refractivity contribution is 0.414. The van der Waals surface area contributed by atoms with Crippen molar-refractivity contribution in [1.82, 2.24) is 15.1 Å². The van der Waals surface area contributed by atoms with Crippen LogP contribution in [0.4, 0.5) is 0 Å². The highest BCUT2D eigenvalue weighted by Gasteiger charge is 2.07. The maximum absolute atomic E-state index is 11.9. The number of nitrogens with zero attached hydrogens (tertiary/aromatic N) is 2. The van der Waals surface area contributed by atoms with Gasteiger partial charge in [0.15, 0.2) is 0 Å². The largest absolute Gasteiger partial charge is 0.497 e. The molecule has 0 saturated carbocycles. The number of hydrogen-bond donors (Lipinski definition) is 1. The van der Waals surface area contributed by atoms with Crippen molar-refractivity contribution >= 4 is 0 Å². The van der Waals surface area contributed by atoms with Crippen molar-refractivity contribution in [3.8, 4) is 11.4 Å². The van der Waals surface area contributed by atoms with Crippen LogP contribution in [0.2, 0.25) is 0 Å². The Morgan fingerprint density at radius 2 is 2.00 bits per heavy atom. The molecule has 106 valence electrons. The Labute approximate surface area is 118 Å². The lowest BCUT2D eigenvalue weighted by Gasteiger charge is -2.12. The number of methoxy groups -OCH3 is 1. The molecule has 0 saturated heterocycles. The fourth-order valence-electron chi connectivity index (χ4n) is 1.93. The Morgan fingerprint density at radius 1 is 1.30 bits per heavy atom. The van der Waals surface area contributed by atoms with Crippen molar-refractivity contribution in [1.29, 1.82) is 0 Å². The molecule has 0 fully saturated rings. The van der Waals surface area contributed by atoms with Crippen molar-refractivity contribution < 1.29 is 4.74 Å². The molecule has 0 amide bonds. The minimum absolute atomic E-state index is 0.0341. The van der Waals surface area contributed by atoms with E-state index < -0.39 is 0 Å². The number of benzene rings is 1.